The van der Waals surface area contributed by atoms with E-state index in [1.165, 1.54) is 13.3 Å². The summed E-state index contributed by atoms with van der Waals surface area (Å²) < 4.78 is 11.1. The maximum absolute atomic E-state index is 11.5. The zero-order valence-electron chi connectivity index (χ0n) is 12.4. The molecule has 0 atom stereocenters. The monoisotopic (exact) mass is 371 g/mol. The summed E-state index contributed by atoms with van der Waals surface area (Å²) in [6.07, 6.45) is 1.41. The van der Waals surface area contributed by atoms with Crippen molar-refractivity contribution in [3.05, 3.63) is 28.2 Å². The van der Waals surface area contributed by atoms with Gasteiger partial charge in [0.2, 0.25) is 0 Å². The molecule has 8 heteroatoms. The third kappa shape index (κ3) is 6.23. The number of hydrazone groups is 1. The van der Waals surface area contributed by atoms with Gasteiger partial charge in [0.25, 0.3) is 0 Å². The third-order valence-corrected chi connectivity index (χ3v) is 2.93. The highest BCUT2D eigenvalue weighted by molar-refractivity contribution is 9.10. The van der Waals surface area contributed by atoms with Crippen LogP contribution < -0.4 is 15.5 Å². The number of nitrogens with zero attached hydrogens (tertiary/aromatic N) is 1. The van der Waals surface area contributed by atoms with Crippen LogP contribution >= 0.6 is 15.9 Å². The summed E-state index contributed by atoms with van der Waals surface area (Å²) in [7, 11) is 1.50. The molecule has 7 nitrogen and oxygen atoms in total. The SMILES string of the molecule is CCOc1ccc(Br)cc1/C=N\NC(=O)C(=O)NCCOC. The van der Waals surface area contributed by atoms with Crippen LogP contribution in [-0.2, 0) is 14.3 Å². The maximum Gasteiger partial charge on any atom is 0.329 e. The van der Waals surface area contributed by atoms with Crippen molar-refractivity contribution in [2.75, 3.05) is 26.9 Å². The zero-order valence-corrected chi connectivity index (χ0v) is 14.0. The number of carbonyl (C=O) groups is 2. The molecule has 22 heavy (non-hydrogen) atoms. The van der Waals surface area contributed by atoms with E-state index in [1.807, 2.05) is 13.0 Å². The first-order chi connectivity index (χ1) is 10.6. The minimum absolute atomic E-state index is 0.257. The van der Waals surface area contributed by atoms with Crippen LogP contribution in [0.5, 0.6) is 5.75 Å². The molecule has 0 saturated heterocycles. The Morgan fingerprint density at radius 1 is 1.36 bits per heavy atom. The standard InChI is InChI=1S/C14H18BrN3O4/c1-3-22-12-5-4-11(15)8-10(12)9-17-18-14(20)13(19)16-6-7-21-2/h4-5,8-9H,3,6-7H2,1-2H3,(H,16,19)(H,18,20)/b17-9-. The molecule has 120 valence electrons. The number of hydrogen-bond donors (Lipinski definition) is 2. The molecule has 0 aromatic heterocycles. The first-order valence-electron chi connectivity index (χ1n) is 6.61. The van der Waals surface area contributed by atoms with E-state index < -0.39 is 11.8 Å². The molecule has 0 bridgehead atoms. The van der Waals surface area contributed by atoms with Crippen molar-refractivity contribution in [1.82, 2.24) is 10.7 Å². The predicted octanol–water partition coefficient (Wildman–Crippen LogP) is 1.06. The van der Waals surface area contributed by atoms with Crippen LogP contribution in [0.3, 0.4) is 0 Å². The van der Waals surface area contributed by atoms with Crippen molar-refractivity contribution >= 4 is 34.0 Å². The fourth-order valence-corrected chi connectivity index (χ4v) is 1.84. The number of ether oxygens (including phenoxy) is 2. The highest BCUT2D eigenvalue weighted by Crippen LogP contribution is 2.21. The minimum Gasteiger partial charge on any atom is -0.493 e. The van der Waals surface area contributed by atoms with Gasteiger partial charge in [0.1, 0.15) is 5.75 Å². The van der Waals surface area contributed by atoms with Gasteiger partial charge in [0.15, 0.2) is 0 Å². The molecule has 0 aliphatic rings. The Balaban J connectivity index is 2.59. The summed E-state index contributed by atoms with van der Waals surface area (Å²) in [4.78, 5) is 22.9. The van der Waals surface area contributed by atoms with Gasteiger partial charge >= 0.3 is 11.8 Å². The molecule has 1 aromatic carbocycles. The summed E-state index contributed by atoms with van der Waals surface area (Å²) in [5.41, 5.74) is 2.83. The van der Waals surface area contributed by atoms with Gasteiger partial charge in [-0.3, -0.25) is 9.59 Å². The smallest absolute Gasteiger partial charge is 0.329 e. The number of carbonyl (C=O) groups excluding carboxylic acids is 2. The lowest BCUT2D eigenvalue weighted by Gasteiger charge is -2.07. The topological polar surface area (TPSA) is 89.0 Å². The number of halogens is 1. The van der Waals surface area contributed by atoms with Crippen LogP contribution in [0.15, 0.2) is 27.8 Å². The van der Waals surface area contributed by atoms with Gasteiger partial charge in [-0.15, -0.1) is 0 Å². The Morgan fingerprint density at radius 2 is 2.14 bits per heavy atom. The Bertz CT molecular complexity index is 549. The van der Waals surface area contributed by atoms with Crippen molar-refractivity contribution in [1.29, 1.82) is 0 Å². The van der Waals surface area contributed by atoms with Crippen molar-refractivity contribution < 1.29 is 19.1 Å². The summed E-state index contributed by atoms with van der Waals surface area (Å²) in [6, 6.07) is 5.41. The molecule has 2 amide bonds. The number of rotatable bonds is 7. The second-order valence-corrected chi connectivity index (χ2v) is 4.98. The minimum atomic E-state index is -0.847. The second kappa shape index (κ2) is 9.91. The first kappa shape index (κ1) is 18.1. The second-order valence-electron chi connectivity index (χ2n) is 4.06. The predicted molar refractivity (Wildman–Crippen MR) is 85.9 cm³/mol. The highest BCUT2D eigenvalue weighted by Gasteiger charge is 2.11. The molecule has 0 saturated carbocycles. The molecule has 0 aliphatic carbocycles. The molecular formula is C14H18BrN3O4. The lowest BCUT2D eigenvalue weighted by atomic mass is 10.2. The Morgan fingerprint density at radius 3 is 2.82 bits per heavy atom. The van der Waals surface area contributed by atoms with Gasteiger partial charge in [0.05, 0.1) is 19.4 Å². The number of nitrogens with one attached hydrogen (secondary N) is 2. The molecule has 1 rings (SSSR count). The molecule has 0 unspecified atom stereocenters. The van der Waals surface area contributed by atoms with E-state index >= 15 is 0 Å². The number of hydrogen-bond acceptors (Lipinski definition) is 5. The Labute approximate surface area is 137 Å². The lowest BCUT2D eigenvalue weighted by Crippen LogP contribution is -2.39. The fraction of sp³-hybridized carbons (Fsp3) is 0.357. The summed E-state index contributed by atoms with van der Waals surface area (Å²) in [5, 5.41) is 6.15. The van der Waals surface area contributed by atoms with Crippen molar-refractivity contribution in [3.8, 4) is 5.75 Å². The van der Waals surface area contributed by atoms with E-state index in [9.17, 15) is 9.59 Å². The van der Waals surface area contributed by atoms with Gasteiger partial charge in [-0.1, -0.05) is 15.9 Å². The van der Waals surface area contributed by atoms with E-state index in [4.69, 9.17) is 9.47 Å². The number of methoxy groups -OCH3 is 1. The van der Waals surface area contributed by atoms with Gasteiger partial charge in [-0.05, 0) is 25.1 Å². The number of amides is 2. The number of benzene rings is 1. The van der Waals surface area contributed by atoms with E-state index in [2.05, 4.69) is 31.8 Å². The largest absolute Gasteiger partial charge is 0.493 e. The zero-order chi connectivity index (χ0) is 16.4. The van der Waals surface area contributed by atoms with Crippen LogP contribution in [0.2, 0.25) is 0 Å². The third-order valence-electron chi connectivity index (χ3n) is 2.44. The van der Waals surface area contributed by atoms with Crippen LogP contribution in [0.25, 0.3) is 0 Å². The van der Waals surface area contributed by atoms with Crippen LogP contribution in [0.4, 0.5) is 0 Å². The lowest BCUT2D eigenvalue weighted by molar-refractivity contribution is -0.139. The van der Waals surface area contributed by atoms with Gasteiger partial charge in [-0.2, -0.15) is 5.10 Å². The summed E-state index contributed by atoms with van der Waals surface area (Å²) in [6.45, 7) is 2.97. The highest BCUT2D eigenvalue weighted by atomic mass is 79.9. The molecule has 0 spiro atoms. The molecule has 0 aliphatic heterocycles. The van der Waals surface area contributed by atoms with Crippen molar-refractivity contribution in [2.24, 2.45) is 5.10 Å². The van der Waals surface area contributed by atoms with E-state index in [0.29, 0.717) is 24.5 Å². The van der Waals surface area contributed by atoms with Gasteiger partial charge in [0, 0.05) is 23.7 Å². The van der Waals surface area contributed by atoms with Crippen LogP contribution in [0, 0.1) is 0 Å². The average molecular weight is 372 g/mol. The molecule has 0 fully saturated rings. The van der Waals surface area contributed by atoms with Crippen LogP contribution in [-0.4, -0.2) is 44.9 Å². The molecule has 2 N–H and O–H groups in total. The first-order valence-corrected chi connectivity index (χ1v) is 7.40. The maximum atomic E-state index is 11.5. The normalized spacial score (nSPS) is 10.5. The van der Waals surface area contributed by atoms with E-state index in [0.717, 1.165) is 4.47 Å². The molecular weight excluding hydrogens is 354 g/mol. The van der Waals surface area contributed by atoms with E-state index in [-0.39, 0.29) is 6.54 Å². The molecule has 1 aromatic rings. The van der Waals surface area contributed by atoms with Crippen molar-refractivity contribution in [2.45, 2.75) is 6.92 Å². The summed E-state index contributed by atoms with van der Waals surface area (Å²) in [5.74, 6) is -0.984. The van der Waals surface area contributed by atoms with Crippen molar-refractivity contribution in [3.63, 3.8) is 0 Å². The van der Waals surface area contributed by atoms with Gasteiger partial charge in [-0.25, -0.2) is 5.43 Å². The molecule has 0 heterocycles. The Kier molecular flexibility index (Phi) is 8.16. The van der Waals surface area contributed by atoms with Gasteiger partial charge < -0.3 is 14.8 Å². The quantitative estimate of drug-likeness (QED) is 0.324. The van der Waals surface area contributed by atoms with E-state index in [1.54, 1.807) is 12.1 Å². The molecule has 0 radical (unpaired) electrons. The fourth-order valence-electron chi connectivity index (χ4n) is 1.47. The Hall–Kier alpha value is -1.93. The average Bonchev–Trinajstić information content (AvgIpc) is 2.50. The summed E-state index contributed by atoms with van der Waals surface area (Å²) >= 11 is 3.35. The van der Waals surface area contributed by atoms with Crippen LogP contribution in [0.1, 0.15) is 12.5 Å².